The zero-order valence-electron chi connectivity index (χ0n) is 15.3. The first-order valence-corrected chi connectivity index (χ1v) is 10.5. The van der Waals surface area contributed by atoms with Crippen LogP contribution in [0.2, 0.25) is 0 Å². The first-order chi connectivity index (χ1) is 14.0. The predicted molar refractivity (Wildman–Crippen MR) is 115 cm³/mol. The summed E-state index contributed by atoms with van der Waals surface area (Å²) in [7, 11) is 6.79. The third-order valence-corrected chi connectivity index (χ3v) is 5.19. The maximum Gasteiger partial charge on any atom is 0.252 e. The van der Waals surface area contributed by atoms with Gasteiger partial charge in [0.1, 0.15) is 11.9 Å². The average molecular weight is 429 g/mol. The fraction of sp³-hybridized carbons (Fsp3) is 0.0909. The van der Waals surface area contributed by atoms with Crippen LogP contribution >= 0.6 is 21.7 Å². The fourth-order valence-corrected chi connectivity index (χ4v) is 3.30. The minimum Gasteiger partial charge on any atom is -0.340 e. The lowest BCUT2D eigenvalue weighted by atomic mass is 10.0. The van der Waals surface area contributed by atoms with Crippen molar-refractivity contribution in [3.05, 3.63) is 95.8 Å². The molecule has 0 radical (unpaired) electrons. The summed E-state index contributed by atoms with van der Waals surface area (Å²) in [4.78, 5) is 26.3. The Morgan fingerprint density at radius 2 is 1.69 bits per heavy atom. The highest BCUT2D eigenvalue weighted by molar-refractivity contribution is 8.21. The van der Waals surface area contributed by atoms with Crippen molar-refractivity contribution in [1.82, 2.24) is 5.32 Å². The van der Waals surface area contributed by atoms with Crippen LogP contribution in [0.3, 0.4) is 0 Å². The SMILES string of the molecule is O=C(NC(Cc1ccccc1)C(=O)Nc1ccc(SCl)cc1)c1cccc(F)c1. The molecule has 3 aromatic carbocycles. The van der Waals surface area contributed by atoms with Gasteiger partial charge in [-0.05, 0) is 69.7 Å². The number of rotatable bonds is 7. The monoisotopic (exact) mass is 428 g/mol. The summed E-state index contributed by atoms with van der Waals surface area (Å²) in [6, 6.07) is 20.9. The van der Waals surface area contributed by atoms with Crippen molar-refractivity contribution in [2.24, 2.45) is 0 Å². The molecule has 0 saturated heterocycles. The zero-order valence-corrected chi connectivity index (χ0v) is 16.8. The van der Waals surface area contributed by atoms with Gasteiger partial charge in [0.2, 0.25) is 5.91 Å². The van der Waals surface area contributed by atoms with Gasteiger partial charge in [-0.2, -0.15) is 0 Å². The van der Waals surface area contributed by atoms with E-state index in [1.165, 1.54) is 18.2 Å². The Labute approximate surface area is 177 Å². The molecular weight excluding hydrogens is 411 g/mol. The van der Waals surface area contributed by atoms with E-state index in [1.54, 1.807) is 24.3 Å². The number of anilines is 1. The lowest BCUT2D eigenvalue weighted by molar-refractivity contribution is -0.118. The number of hydrogen-bond acceptors (Lipinski definition) is 3. The molecule has 29 heavy (non-hydrogen) atoms. The summed E-state index contributed by atoms with van der Waals surface area (Å²) < 4.78 is 13.4. The number of benzene rings is 3. The summed E-state index contributed by atoms with van der Waals surface area (Å²) in [5.41, 5.74) is 1.63. The third-order valence-electron chi connectivity index (χ3n) is 4.20. The molecule has 2 amide bonds. The van der Waals surface area contributed by atoms with Crippen LogP contribution in [0.4, 0.5) is 10.1 Å². The third kappa shape index (κ3) is 6.07. The molecule has 1 atom stereocenters. The highest BCUT2D eigenvalue weighted by Crippen LogP contribution is 2.23. The van der Waals surface area contributed by atoms with Gasteiger partial charge in [-0.25, -0.2) is 4.39 Å². The molecule has 0 bridgehead atoms. The molecule has 0 aromatic heterocycles. The molecule has 7 heteroatoms. The summed E-state index contributed by atoms with van der Waals surface area (Å²) in [5.74, 6) is -1.40. The molecule has 2 N–H and O–H groups in total. The summed E-state index contributed by atoms with van der Waals surface area (Å²) >= 11 is 0. The standard InChI is InChI=1S/C22H18ClFN2O2S/c23-29-19-11-9-18(10-12-19)25-22(28)20(13-15-5-2-1-3-6-15)26-21(27)16-7-4-8-17(24)14-16/h1-12,14,20H,13H2,(H,25,28)(H,26,27). The second-order valence-corrected chi connectivity index (χ2v) is 7.41. The molecule has 0 aliphatic heterocycles. The van der Waals surface area contributed by atoms with E-state index in [0.29, 0.717) is 12.1 Å². The lowest BCUT2D eigenvalue weighted by Gasteiger charge is -2.19. The van der Waals surface area contributed by atoms with Crippen LogP contribution in [0.1, 0.15) is 15.9 Å². The van der Waals surface area contributed by atoms with E-state index >= 15 is 0 Å². The Morgan fingerprint density at radius 1 is 0.966 bits per heavy atom. The largest absolute Gasteiger partial charge is 0.340 e. The van der Waals surface area contributed by atoms with E-state index in [4.69, 9.17) is 10.7 Å². The van der Waals surface area contributed by atoms with Crippen LogP contribution in [0, 0.1) is 5.82 Å². The molecule has 1 unspecified atom stereocenters. The molecule has 3 aromatic rings. The summed E-state index contributed by atoms with van der Waals surface area (Å²) in [6.45, 7) is 0. The van der Waals surface area contributed by atoms with Crippen molar-refractivity contribution in [3.63, 3.8) is 0 Å². The van der Waals surface area contributed by atoms with Crippen molar-refractivity contribution < 1.29 is 14.0 Å². The molecule has 0 saturated carbocycles. The first kappa shape index (κ1) is 20.9. The van der Waals surface area contributed by atoms with E-state index in [1.807, 2.05) is 30.3 Å². The van der Waals surface area contributed by atoms with Crippen molar-refractivity contribution in [2.45, 2.75) is 17.4 Å². The van der Waals surface area contributed by atoms with E-state index in [-0.39, 0.29) is 11.5 Å². The van der Waals surface area contributed by atoms with E-state index < -0.39 is 17.8 Å². The fourth-order valence-electron chi connectivity index (χ4n) is 2.75. The smallest absolute Gasteiger partial charge is 0.252 e. The molecule has 0 aliphatic carbocycles. The first-order valence-electron chi connectivity index (χ1n) is 8.85. The van der Waals surface area contributed by atoms with E-state index in [9.17, 15) is 14.0 Å². The van der Waals surface area contributed by atoms with Gasteiger partial charge in [-0.15, -0.1) is 0 Å². The van der Waals surface area contributed by atoms with Gasteiger partial charge in [0, 0.05) is 22.6 Å². The minimum absolute atomic E-state index is 0.152. The van der Waals surface area contributed by atoms with Crippen LogP contribution in [0.5, 0.6) is 0 Å². The number of nitrogens with one attached hydrogen (secondary N) is 2. The van der Waals surface area contributed by atoms with Gasteiger partial charge in [0.15, 0.2) is 0 Å². The van der Waals surface area contributed by atoms with Gasteiger partial charge in [-0.3, -0.25) is 9.59 Å². The molecule has 3 rings (SSSR count). The lowest BCUT2D eigenvalue weighted by Crippen LogP contribution is -2.45. The highest BCUT2D eigenvalue weighted by atomic mass is 35.7. The second-order valence-electron chi connectivity index (χ2n) is 6.32. The second kappa shape index (κ2) is 10.1. The van der Waals surface area contributed by atoms with Crippen molar-refractivity contribution >= 4 is 39.2 Å². The van der Waals surface area contributed by atoms with Gasteiger partial charge < -0.3 is 10.6 Å². The minimum atomic E-state index is -0.838. The molecule has 0 aliphatic rings. The average Bonchev–Trinajstić information content (AvgIpc) is 2.74. The van der Waals surface area contributed by atoms with E-state index in [0.717, 1.165) is 27.5 Å². The Kier molecular flexibility index (Phi) is 7.27. The Bertz CT molecular complexity index is 984. The van der Waals surface area contributed by atoms with Crippen LogP contribution in [0.15, 0.2) is 83.8 Å². The predicted octanol–water partition coefficient (Wildman–Crippen LogP) is 5.05. The summed E-state index contributed by atoms with van der Waals surface area (Å²) in [6.07, 6.45) is 0.295. The normalized spacial score (nSPS) is 11.5. The quantitative estimate of drug-likeness (QED) is 0.553. The summed E-state index contributed by atoms with van der Waals surface area (Å²) in [5, 5.41) is 5.51. The molecule has 0 heterocycles. The molecule has 148 valence electrons. The van der Waals surface area contributed by atoms with Gasteiger partial charge >= 0.3 is 0 Å². The topological polar surface area (TPSA) is 58.2 Å². The zero-order chi connectivity index (χ0) is 20.6. The Hall–Kier alpha value is -2.83. The van der Waals surface area contributed by atoms with Gasteiger partial charge in [0.25, 0.3) is 5.91 Å². The Balaban J connectivity index is 1.77. The maximum absolute atomic E-state index is 13.4. The molecule has 0 spiro atoms. The highest BCUT2D eigenvalue weighted by Gasteiger charge is 2.22. The van der Waals surface area contributed by atoms with Crippen LogP contribution in [0.25, 0.3) is 0 Å². The molecular formula is C22H18ClFN2O2S. The van der Waals surface area contributed by atoms with Crippen LogP contribution in [-0.2, 0) is 11.2 Å². The van der Waals surface area contributed by atoms with Gasteiger partial charge in [-0.1, -0.05) is 36.4 Å². The number of hydrogen-bond donors (Lipinski definition) is 2. The van der Waals surface area contributed by atoms with Crippen LogP contribution < -0.4 is 10.6 Å². The van der Waals surface area contributed by atoms with Crippen molar-refractivity contribution in [2.75, 3.05) is 5.32 Å². The van der Waals surface area contributed by atoms with Crippen molar-refractivity contribution in [1.29, 1.82) is 0 Å². The number of amides is 2. The maximum atomic E-state index is 13.4. The number of carbonyl (C=O) groups excluding carboxylic acids is 2. The van der Waals surface area contributed by atoms with E-state index in [2.05, 4.69) is 10.6 Å². The number of carbonyl (C=O) groups is 2. The number of halogens is 2. The molecule has 0 fully saturated rings. The molecule has 4 nitrogen and oxygen atoms in total. The Morgan fingerprint density at radius 3 is 2.34 bits per heavy atom. The van der Waals surface area contributed by atoms with Crippen molar-refractivity contribution in [3.8, 4) is 0 Å². The van der Waals surface area contributed by atoms with Gasteiger partial charge in [0.05, 0.1) is 0 Å². The van der Waals surface area contributed by atoms with Crippen LogP contribution in [-0.4, -0.2) is 17.9 Å².